The predicted octanol–water partition coefficient (Wildman–Crippen LogP) is 2.78. The third kappa shape index (κ3) is 4.80. The van der Waals surface area contributed by atoms with Crippen LogP contribution in [0, 0.1) is 17.2 Å². The molecule has 1 rings (SSSR count). The Morgan fingerprint density at radius 1 is 1.42 bits per heavy atom. The second-order valence-corrected chi connectivity index (χ2v) is 5.24. The number of rotatable bonds is 5. The van der Waals surface area contributed by atoms with Gasteiger partial charge < -0.3 is 10.6 Å². The quantitative estimate of drug-likeness (QED) is 0.871. The molecule has 102 valence electrons. The van der Waals surface area contributed by atoms with Crippen LogP contribution in [0.15, 0.2) is 18.2 Å². The van der Waals surface area contributed by atoms with Crippen LogP contribution in [0.25, 0.3) is 0 Å². The van der Waals surface area contributed by atoms with E-state index >= 15 is 0 Å². The number of hydrogen-bond acceptors (Lipinski definition) is 3. The molecule has 19 heavy (non-hydrogen) atoms. The largest absolute Gasteiger partial charge is 0.373 e. The van der Waals surface area contributed by atoms with Crippen LogP contribution in [0.2, 0.25) is 5.02 Å². The molecule has 0 aromatic heterocycles. The van der Waals surface area contributed by atoms with E-state index in [1.165, 1.54) is 0 Å². The summed E-state index contributed by atoms with van der Waals surface area (Å²) in [6.07, 6.45) is 0. The van der Waals surface area contributed by atoms with Crippen LogP contribution in [0.3, 0.4) is 0 Å². The third-order valence-electron chi connectivity index (χ3n) is 2.55. The van der Waals surface area contributed by atoms with E-state index in [0.29, 0.717) is 28.7 Å². The first-order chi connectivity index (χ1) is 8.93. The van der Waals surface area contributed by atoms with E-state index in [9.17, 15) is 4.79 Å². The molecule has 0 aliphatic heterocycles. The Labute approximate surface area is 118 Å². The van der Waals surface area contributed by atoms with E-state index in [4.69, 9.17) is 16.9 Å². The normalized spacial score (nSPS) is 11.8. The van der Waals surface area contributed by atoms with Gasteiger partial charge in [-0.05, 0) is 31.0 Å². The lowest BCUT2D eigenvalue weighted by Crippen LogP contribution is -2.39. The molecule has 2 N–H and O–H groups in total. The van der Waals surface area contributed by atoms with Crippen molar-refractivity contribution in [3.8, 4) is 6.07 Å². The highest BCUT2D eigenvalue weighted by Gasteiger charge is 2.14. The Bertz CT molecular complexity index is 494. The molecule has 1 aromatic rings. The second kappa shape index (κ2) is 7.01. The molecule has 0 heterocycles. The van der Waals surface area contributed by atoms with Crippen molar-refractivity contribution in [3.05, 3.63) is 28.8 Å². The van der Waals surface area contributed by atoms with E-state index in [2.05, 4.69) is 16.7 Å². The molecule has 0 saturated carbocycles. The zero-order valence-corrected chi connectivity index (χ0v) is 12.1. The Morgan fingerprint density at radius 3 is 2.68 bits per heavy atom. The molecular weight excluding hydrogens is 262 g/mol. The first-order valence-corrected chi connectivity index (χ1v) is 6.55. The first-order valence-electron chi connectivity index (χ1n) is 6.18. The van der Waals surface area contributed by atoms with Crippen molar-refractivity contribution in [2.75, 3.05) is 11.9 Å². The summed E-state index contributed by atoms with van der Waals surface area (Å²) in [5, 5.41) is 15.4. The minimum Gasteiger partial charge on any atom is -0.373 e. The number of carbonyl (C=O) groups excluding carboxylic acids is 1. The molecule has 0 fully saturated rings. The minimum absolute atomic E-state index is 0.0902. The molecule has 1 amide bonds. The number of anilines is 1. The topological polar surface area (TPSA) is 64.9 Å². The van der Waals surface area contributed by atoms with Crippen LogP contribution in [0.1, 0.15) is 26.3 Å². The smallest absolute Gasteiger partial charge is 0.242 e. The summed E-state index contributed by atoms with van der Waals surface area (Å²) >= 11 is 5.82. The fourth-order valence-corrected chi connectivity index (χ4v) is 1.66. The molecule has 0 radical (unpaired) electrons. The van der Waals surface area contributed by atoms with E-state index in [-0.39, 0.29) is 5.91 Å². The Kier molecular flexibility index (Phi) is 5.65. The van der Waals surface area contributed by atoms with E-state index < -0.39 is 6.04 Å². The fourth-order valence-electron chi connectivity index (χ4n) is 1.49. The number of nitrogens with one attached hydrogen (secondary N) is 2. The molecule has 5 heteroatoms. The summed E-state index contributed by atoms with van der Waals surface area (Å²) in [5.41, 5.74) is 1.04. The van der Waals surface area contributed by atoms with Crippen LogP contribution in [0.4, 0.5) is 5.69 Å². The van der Waals surface area contributed by atoms with Gasteiger partial charge in [0, 0.05) is 11.6 Å². The Hall–Kier alpha value is -1.73. The molecule has 1 aromatic carbocycles. The monoisotopic (exact) mass is 279 g/mol. The van der Waals surface area contributed by atoms with Gasteiger partial charge >= 0.3 is 0 Å². The highest BCUT2D eigenvalue weighted by molar-refractivity contribution is 6.30. The number of hydrogen-bond donors (Lipinski definition) is 2. The molecule has 1 unspecified atom stereocenters. The van der Waals surface area contributed by atoms with Gasteiger partial charge in [-0.2, -0.15) is 5.26 Å². The van der Waals surface area contributed by atoms with Crippen LogP contribution in [-0.2, 0) is 4.79 Å². The summed E-state index contributed by atoms with van der Waals surface area (Å²) in [6, 6.07) is 6.60. The number of carbonyl (C=O) groups is 1. The molecule has 0 aliphatic carbocycles. The Balaban J connectivity index is 2.69. The van der Waals surface area contributed by atoms with Crippen molar-refractivity contribution >= 4 is 23.2 Å². The summed E-state index contributed by atoms with van der Waals surface area (Å²) in [5.74, 6) is 0.314. The number of nitriles is 1. The average molecular weight is 280 g/mol. The Morgan fingerprint density at radius 2 is 2.11 bits per heavy atom. The standard InChI is InChI=1S/C14H18ClN3O/c1-9(2)8-17-14(19)10(3)18-13-5-4-12(15)6-11(13)7-16/h4-6,9-10,18H,8H2,1-3H3,(H,17,19). The highest BCUT2D eigenvalue weighted by Crippen LogP contribution is 2.20. The van der Waals surface area contributed by atoms with Crippen LogP contribution < -0.4 is 10.6 Å². The van der Waals surface area contributed by atoms with Gasteiger partial charge in [0.15, 0.2) is 0 Å². The molecule has 0 aliphatic rings. The van der Waals surface area contributed by atoms with Crippen molar-refractivity contribution in [2.45, 2.75) is 26.8 Å². The lowest BCUT2D eigenvalue weighted by Gasteiger charge is -2.17. The van der Waals surface area contributed by atoms with Gasteiger partial charge in [-0.1, -0.05) is 25.4 Å². The summed E-state index contributed by atoms with van der Waals surface area (Å²) in [4.78, 5) is 11.8. The van der Waals surface area contributed by atoms with Gasteiger partial charge in [-0.25, -0.2) is 0 Å². The third-order valence-corrected chi connectivity index (χ3v) is 2.79. The van der Waals surface area contributed by atoms with Gasteiger partial charge in [0.1, 0.15) is 12.1 Å². The molecule has 0 spiro atoms. The number of halogens is 1. The van der Waals surface area contributed by atoms with Crippen molar-refractivity contribution in [1.29, 1.82) is 5.26 Å². The number of benzene rings is 1. The maximum Gasteiger partial charge on any atom is 0.242 e. The van der Waals surface area contributed by atoms with Gasteiger partial charge in [0.25, 0.3) is 0 Å². The summed E-state index contributed by atoms with van der Waals surface area (Å²) < 4.78 is 0. The molecule has 1 atom stereocenters. The van der Waals surface area contributed by atoms with Gasteiger partial charge in [0.2, 0.25) is 5.91 Å². The second-order valence-electron chi connectivity index (χ2n) is 4.81. The van der Waals surface area contributed by atoms with Crippen LogP contribution >= 0.6 is 11.6 Å². The van der Waals surface area contributed by atoms with Crippen molar-refractivity contribution in [2.24, 2.45) is 5.92 Å². The van der Waals surface area contributed by atoms with Gasteiger partial charge in [-0.15, -0.1) is 0 Å². The van der Waals surface area contributed by atoms with E-state index in [1.807, 2.05) is 13.8 Å². The van der Waals surface area contributed by atoms with Crippen molar-refractivity contribution in [1.82, 2.24) is 5.32 Å². The average Bonchev–Trinajstić information content (AvgIpc) is 2.37. The molecule has 0 bridgehead atoms. The van der Waals surface area contributed by atoms with Crippen LogP contribution in [-0.4, -0.2) is 18.5 Å². The number of nitrogens with zero attached hydrogens (tertiary/aromatic N) is 1. The fraction of sp³-hybridized carbons (Fsp3) is 0.429. The van der Waals surface area contributed by atoms with Crippen molar-refractivity contribution in [3.63, 3.8) is 0 Å². The van der Waals surface area contributed by atoms with E-state index in [1.54, 1.807) is 25.1 Å². The van der Waals surface area contributed by atoms with Crippen LogP contribution in [0.5, 0.6) is 0 Å². The predicted molar refractivity (Wildman–Crippen MR) is 77.1 cm³/mol. The van der Waals surface area contributed by atoms with Crippen molar-refractivity contribution < 1.29 is 4.79 Å². The van der Waals surface area contributed by atoms with E-state index in [0.717, 1.165) is 0 Å². The minimum atomic E-state index is -0.410. The maximum absolute atomic E-state index is 11.8. The molecular formula is C14H18ClN3O. The lowest BCUT2D eigenvalue weighted by atomic mass is 10.1. The number of amides is 1. The SMILES string of the molecule is CC(C)CNC(=O)C(C)Nc1ccc(Cl)cc1C#N. The summed E-state index contributed by atoms with van der Waals surface area (Å²) in [7, 11) is 0. The molecule has 0 saturated heterocycles. The maximum atomic E-state index is 11.8. The highest BCUT2D eigenvalue weighted by atomic mass is 35.5. The van der Waals surface area contributed by atoms with Gasteiger partial charge in [0.05, 0.1) is 11.3 Å². The zero-order chi connectivity index (χ0) is 14.4. The summed E-state index contributed by atoms with van der Waals surface area (Å²) in [6.45, 7) is 6.46. The first kappa shape index (κ1) is 15.3. The zero-order valence-electron chi connectivity index (χ0n) is 11.3. The van der Waals surface area contributed by atoms with Gasteiger partial charge in [-0.3, -0.25) is 4.79 Å². The lowest BCUT2D eigenvalue weighted by molar-refractivity contribution is -0.121. The molecule has 4 nitrogen and oxygen atoms in total.